The van der Waals surface area contributed by atoms with Crippen LogP contribution in [0.1, 0.15) is 21.5 Å². The summed E-state index contributed by atoms with van der Waals surface area (Å²) in [5.41, 5.74) is 2.98. The third kappa shape index (κ3) is 4.30. The van der Waals surface area contributed by atoms with Gasteiger partial charge >= 0.3 is 5.97 Å². The fourth-order valence-corrected chi connectivity index (χ4v) is 6.82. The van der Waals surface area contributed by atoms with E-state index >= 15 is 0 Å². The minimum Gasteiger partial charge on any atom is -0.486 e. The Bertz CT molecular complexity index is 1900. The fourth-order valence-electron chi connectivity index (χ4n) is 6.82. The van der Waals surface area contributed by atoms with Crippen LogP contribution < -0.4 is 24.0 Å². The van der Waals surface area contributed by atoms with Gasteiger partial charge in [-0.15, -0.1) is 0 Å². The van der Waals surface area contributed by atoms with Crippen LogP contribution in [0.2, 0.25) is 0 Å². The highest BCUT2D eigenvalue weighted by atomic mass is 16.6. The zero-order valence-corrected chi connectivity index (χ0v) is 23.9. The lowest BCUT2D eigenvalue weighted by molar-refractivity contribution is -0.139. The summed E-state index contributed by atoms with van der Waals surface area (Å²) in [5.74, 6) is -2.25. The van der Waals surface area contributed by atoms with Crippen molar-refractivity contribution in [2.75, 3.05) is 23.0 Å². The monoisotopic (exact) mass is 598 g/mol. The molecule has 0 radical (unpaired) electrons. The standard InChI is InChI=1S/C36H26N2O7/c39-33(22-7-2-1-3-8-22)23-10-14-25(15-11-23)45-36(42)32-31-30(27-16-12-21-6-4-5-9-26(21)38(27)32)34(40)37(35(31)41)24-13-17-28-29(20-24)44-19-18-43-28/h1-17,20,27,30-32H,18-19H2/t27-,30-,31+,32-/m0/s1. The number of ether oxygens (including phenoxy) is 3. The van der Waals surface area contributed by atoms with E-state index in [-0.39, 0.29) is 17.4 Å². The van der Waals surface area contributed by atoms with Crippen LogP contribution in [-0.4, -0.2) is 48.9 Å². The Kier molecular flexibility index (Phi) is 6.26. The van der Waals surface area contributed by atoms with Gasteiger partial charge in [0.2, 0.25) is 11.8 Å². The number of amides is 2. The molecule has 45 heavy (non-hydrogen) atoms. The molecule has 0 saturated carbocycles. The quantitative estimate of drug-likeness (QED) is 0.141. The number of imide groups is 1. The highest BCUT2D eigenvalue weighted by Gasteiger charge is 2.65. The molecule has 0 bridgehead atoms. The molecule has 9 heteroatoms. The van der Waals surface area contributed by atoms with Crippen molar-refractivity contribution >= 4 is 41.0 Å². The number of rotatable bonds is 5. The van der Waals surface area contributed by atoms with Gasteiger partial charge in [0, 0.05) is 22.9 Å². The number of para-hydroxylation sites is 1. The minimum atomic E-state index is -1.07. The van der Waals surface area contributed by atoms with Gasteiger partial charge in [-0.05, 0) is 48.0 Å². The molecule has 4 aromatic rings. The van der Waals surface area contributed by atoms with Crippen LogP contribution in [-0.2, 0) is 14.4 Å². The number of hydrogen-bond donors (Lipinski definition) is 0. The lowest BCUT2D eigenvalue weighted by atomic mass is 9.89. The SMILES string of the molecule is O=C(c1ccccc1)c1ccc(OC(=O)[C@@H]2[C@@H]3C(=O)N(c4ccc5c(c4)OCCO5)C(=O)[C@H]3[C@@H]3C=Cc4ccccc4N23)cc1. The molecular formula is C36H26N2O7. The van der Waals surface area contributed by atoms with Crippen LogP contribution in [0, 0.1) is 11.8 Å². The van der Waals surface area contributed by atoms with Crippen LogP contribution in [0.25, 0.3) is 6.08 Å². The molecule has 0 unspecified atom stereocenters. The molecule has 4 aliphatic rings. The summed E-state index contributed by atoms with van der Waals surface area (Å²) in [5, 5.41) is 0. The number of ketones is 1. The largest absolute Gasteiger partial charge is 0.486 e. The third-order valence-electron chi connectivity index (χ3n) is 8.81. The van der Waals surface area contributed by atoms with Gasteiger partial charge in [-0.3, -0.25) is 14.4 Å². The molecule has 9 nitrogen and oxygen atoms in total. The first-order valence-electron chi connectivity index (χ1n) is 14.7. The van der Waals surface area contributed by atoms with Crippen molar-refractivity contribution in [3.8, 4) is 17.2 Å². The Morgan fingerprint density at radius 3 is 2.22 bits per heavy atom. The molecule has 8 rings (SSSR count). The highest BCUT2D eigenvalue weighted by Crippen LogP contribution is 2.50. The van der Waals surface area contributed by atoms with Crippen molar-refractivity contribution in [1.82, 2.24) is 0 Å². The maximum absolute atomic E-state index is 14.2. The average Bonchev–Trinajstić information content (AvgIpc) is 3.57. The van der Waals surface area contributed by atoms with E-state index in [9.17, 15) is 19.2 Å². The first-order valence-corrected chi connectivity index (χ1v) is 14.7. The van der Waals surface area contributed by atoms with E-state index in [0.29, 0.717) is 41.5 Å². The van der Waals surface area contributed by atoms with Crippen LogP contribution >= 0.6 is 0 Å². The number of hydrogen-bond acceptors (Lipinski definition) is 8. The number of carbonyl (C=O) groups is 4. The molecule has 2 amide bonds. The zero-order valence-electron chi connectivity index (χ0n) is 23.9. The Morgan fingerprint density at radius 1 is 0.733 bits per heavy atom. The maximum atomic E-state index is 14.2. The van der Waals surface area contributed by atoms with E-state index < -0.39 is 35.8 Å². The van der Waals surface area contributed by atoms with E-state index in [1.165, 1.54) is 0 Å². The van der Waals surface area contributed by atoms with Crippen LogP contribution in [0.5, 0.6) is 17.2 Å². The van der Waals surface area contributed by atoms with Crippen molar-refractivity contribution < 1.29 is 33.4 Å². The smallest absolute Gasteiger partial charge is 0.335 e. The van der Waals surface area contributed by atoms with E-state index in [2.05, 4.69) is 0 Å². The molecule has 0 spiro atoms. The number of carbonyl (C=O) groups excluding carboxylic acids is 4. The molecule has 4 atom stereocenters. The lowest BCUT2D eigenvalue weighted by Crippen LogP contribution is -2.50. The molecule has 4 aromatic carbocycles. The van der Waals surface area contributed by atoms with E-state index in [1.807, 2.05) is 47.4 Å². The second-order valence-corrected chi connectivity index (χ2v) is 11.3. The number of nitrogens with zero attached hydrogens (tertiary/aromatic N) is 2. The van der Waals surface area contributed by atoms with Crippen molar-refractivity contribution in [2.45, 2.75) is 12.1 Å². The van der Waals surface area contributed by atoms with Crippen LogP contribution in [0.15, 0.2) is 103 Å². The van der Waals surface area contributed by atoms with Crippen LogP contribution in [0.3, 0.4) is 0 Å². The summed E-state index contributed by atoms with van der Waals surface area (Å²) < 4.78 is 17.2. The lowest BCUT2D eigenvalue weighted by Gasteiger charge is -2.36. The molecule has 4 aliphatic heterocycles. The summed E-state index contributed by atoms with van der Waals surface area (Å²) >= 11 is 0. The molecule has 0 aliphatic carbocycles. The Labute approximate surface area is 258 Å². The maximum Gasteiger partial charge on any atom is 0.335 e. The van der Waals surface area contributed by atoms with E-state index in [4.69, 9.17) is 14.2 Å². The first kappa shape index (κ1) is 26.9. The third-order valence-corrected chi connectivity index (χ3v) is 8.81. The molecule has 4 heterocycles. The minimum absolute atomic E-state index is 0.152. The molecule has 0 N–H and O–H groups in total. The summed E-state index contributed by atoms with van der Waals surface area (Å²) in [4.78, 5) is 58.2. The summed E-state index contributed by atoms with van der Waals surface area (Å²) in [6, 6.07) is 26.1. The number of benzene rings is 4. The van der Waals surface area contributed by atoms with Gasteiger partial charge in [-0.1, -0.05) is 60.7 Å². The Morgan fingerprint density at radius 2 is 1.42 bits per heavy atom. The fraction of sp³-hybridized carbons (Fsp3) is 0.167. The molecule has 222 valence electrons. The number of fused-ring (bicyclic) bond motifs is 6. The van der Waals surface area contributed by atoms with Gasteiger partial charge in [0.05, 0.1) is 23.6 Å². The predicted octanol–water partition coefficient (Wildman–Crippen LogP) is 4.68. The number of esters is 1. The summed E-state index contributed by atoms with van der Waals surface area (Å²) in [6.45, 7) is 0.777. The second kappa shape index (κ2) is 10.5. The van der Waals surface area contributed by atoms with Crippen molar-refractivity contribution in [2.24, 2.45) is 11.8 Å². The second-order valence-electron chi connectivity index (χ2n) is 11.3. The summed E-state index contributed by atoms with van der Waals surface area (Å²) in [7, 11) is 0. The summed E-state index contributed by atoms with van der Waals surface area (Å²) in [6.07, 6.45) is 3.81. The Hall–Kier alpha value is -5.70. The topological polar surface area (TPSA) is 102 Å². The van der Waals surface area contributed by atoms with Crippen molar-refractivity contribution in [3.05, 3.63) is 120 Å². The van der Waals surface area contributed by atoms with E-state index in [1.54, 1.807) is 66.7 Å². The van der Waals surface area contributed by atoms with Gasteiger partial charge in [0.25, 0.3) is 0 Å². The van der Waals surface area contributed by atoms with Crippen LogP contribution in [0.4, 0.5) is 11.4 Å². The van der Waals surface area contributed by atoms with Gasteiger partial charge < -0.3 is 19.1 Å². The van der Waals surface area contributed by atoms with Gasteiger partial charge in [-0.2, -0.15) is 0 Å². The Balaban J connectivity index is 1.13. The number of anilines is 2. The van der Waals surface area contributed by atoms with Crippen molar-refractivity contribution in [3.63, 3.8) is 0 Å². The highest BCUT2D eigenvalue weighted by molar-refractivity contribution is 6.24. The van der Waals surface area contributed by atoms with E-state index in [0.717, 1.165) is 16.2 Å². The molecule has 2 saturated heterocycles. The van der Waals surface area contributed by atoms with Gasteiger partial charge in [-0.25, -0.2) is 9.69 Å². The normalized spacial score (nSPS) is 22.5. The van der Waals surface area contributed by atoms with Crippen molar-refractivity contribution in [1.29, 1.82) is 0 Å². The molecule has 2 fully saturated rings. The first-order chi connectivity index (χ1) is 22.0. The molecular weight excluding hydrogens is 572 g/mol. The van der Waals surface area contributed by atoms with Gasteiger partial charge in [0.15, 0.2) is 17.3 Å². The van der Waals surface area contributed by atoms with Gasteiger partial charge in [0.1, 0.15) is 25.0 Å². The molecule has 0 aromatic heterocycles. The predicted molar refractivity (Wildman–Crippen MR) is 164 cm³/mol. The zero-order chi connectivity index (χ0) is 30.7. The average molecular weight is 599 g/mol.